The Balaban J connectivity index is 2.31. The summed E-state index contributed by atoms with van der Waals surface area (Å²) in [6, 6.07) is 5.10. The lowest BCUT2D eigenvalue weighted by molar-refractivity contribution is -0.0822. The van der Waals surface area contributed by atoms with Crippen molar-refractivity contribution in [1.29, 1.82) is 0 Å². The molecule has 0 spiro atoms. The van der Waals surface area contributed by atoms with Crippen LogP contribution < -0.4 is 0 Å². The van der Waals surface area contributed by atoms with Crippen LogP contribution in [0, 0.1) is 23.7 Å². The predicted octanol–water partition coefficient (Wildman–Crippen LogP) is 4.71. The summed E-state index contributed by atoms with van der Waals surface area (Å²) in [6.45, 7) is 6.34. The molecule has 1 aromatic rings. The summed E-state index contributed by atoms with van der Waals surface area (Å²) >= 11 is 12.2. The van der Waals surface area contributed by atoms with Crippen LogP contribution in [0.5, 0.6) is 0 Å². The highest BCUT2D eigenvalue weighted by atomic mass is 35.5. The number of aliphatic hydroxyl groups excluding tert-OH is 2. The molecular formula is C17H24Cl2O2. The van der Waals surface area contributed by atoms with E-state index in [-0.39, 0.29) is 17.8 Å². The van der Waals surface area contributed by atoms with Crippen LogP contribution in [-0.4, -0.2) is 16.3 Å². The molecule has 4 heteroatoms. The van der Waals surface area contributed by atoms with Crippen LogP contribution in [0.1, 0.15) is 45.3 Å². The molecule has 0 amide bonds. The summed E-state index contributed by atoms with van der Waals surface area (Å²) in [5, 5.41) is 22.6. The van der Waals surface area contributed by atoms with Gasteiger partial charge in [-0.25, -0.2) is 0 Å². The van der Waals surface area contributed by atoms with Crippen molar-refractivity contribution in [1.82, 2.24) is 0 Å². The van der Waals surface area contributed by atoms with Crippen molar-refractivity contribution in [2.24, 2.45) is 23.7 Å². The number of aliphatic hydroxyl groups is 2. The third-order valence-electron chi connectivity index (χ3n) is 4.94. The minimum Gasteiger partial charge on any atom is -0.392 e. The zero-order valence-corrected chi connectivity index (χ0v) is 14.3. The minimum atomic E-state index is -0.789. The largest absolute Gasteiger partial charge is 0.392 e. The van der Waals surface area contributed by atoms with E-state index in [1.165, 1.54) is 0 Å². The summed E-state index contributed by atoms with van der Waals surface area (Å²) in [6.07, 6.45) is 0.716. The first-order chi connectivity index (χ1) is 9.82. The van der Waals surface area contributed by atoms with E-state index in [0.717, 1.165) is 12.8 Å². The van der Waals surface area contributed by atoms with E-state index in [4.69, 9.17) is 23.2 Å². The Morgan fingerprint density at radius 3 is 2.48 bits per heavy atom. The molecule has 2 unspecified atom stereocenters. The second-order valence-electron chi connectivity index (χ2n) is 6.64. The SMILES string of the molecule is CC(C)[C@H]1CC[C@@H](C)[C@@H](C(O)c2cc(Cl)ccc2Cl)C1O. The molecule has 2 rings (SSSR count). The molecule has 0 saturated heterocycles. The van der Waals surface area contributed by atoms with Gasteiger partial charge in [0, 0.05) is 21.5 Å². The van der Waals surface area contributed by atoms with Gasteiger partial charge >= 0.3 is 0 Å². The Morgan fingerprint density at radius 2 is 1.86 bits per heavy atom. The van der Waals surface area contributed by atoms with Crippen LogP contribution in [0.4, 0.5) is 0 Å². The number of hydrogen-bond acceptors (Lipinski definition) is 2. The van der Waals surface area contributed by atoms with Crippen LogP contribution in [0.25, 0.3) is 0 Å². The maximum atomic E-state index is 10.8. The quantitative estimate of drug-likeness (QED) is 0.842. The van der Waals surface area contributed by atoms with Crippen LogP contribution >= 0.6 is 23.2 Å². The number of halogens is 2. The summed E-state index contributed by atoms with van der Waals surface area (Å²) in [4.78, 5) is 0. The summed E-state index contributed by atoms with van der Waals surface area (Å²) in [5.74, 6) is 0.665. The molecule has 1 fully saturated rings. The Bertz CT molecular complexity index is 490. The topological polar surface area (TPSA) is 40.5 Å². The van der Waals surface area contributed by atoms with Gasteiger partial charge in [0.15, 0.2) is 0 Å². The average molecular weight is 331 g/mol. The van der Waals surface area contributed by atoms with E-state index in [9.17, 15) is 10.2 Å². The summed E-state index contributed by atoms with van der Waals surface area (Å²) in [7, 11) is 0. The number of hydrogen-bond donors (Lipinski definition) is 2. The lowest BCUT2D eigenvalue weighted by Gasteiger charge is -2.43. The molecule has 0 radical (unpaired) electrons. The summed E-state index contributed by atoms with van der Waals surface area (Å²) < 4.78 is 0. The molecule has 0 aromatic heterocycles. The molecule has 1 aliphatic carbocycles. The molecule has 1 aromatic carbocycles. The van der Waals surface area contributed by atoms with Crippen LogP contribution in [0.2, 0.25) is 10.0 Å². The molecule has 0 aliphatic heterocycles. The molecule has 118 valence electrons. The predicted molar refractivity (Wildman–Crippen MR) is 87.6 cm³/mol. The Hall–Kier alpha value is -0.280. The Labute approximate surface area is 137 Å². The number of rotatable bonds is 3. The molecule has 2 nitrogen and oxygen atoms in total. The molecule has 1 aliphatic rings. The van der Waals surface area contributed by atoms with Gasteiger partial charge in [0.05, 0.1) is 12.2 Å². The van der Waals surface area contributed by atoms with Crippen molar-refractivity contribution in [3.8, 4) is 0 Å². The highest BCUT2D eigenvalue weighted by molar-refractivity contribution is 6.33. The second-order valence-corrected chi connectivity index (χ2v) is 7.48. The first-order valence-electron chi connectivity index (χ1n) is 7.64. The van der Waals surface area contributed by atoms with Crippen molar-refractivity contribution >= 4 is 23.2 Å². The van der Waals surface area contributed by atoms with E-state index in [2.05, 4.69) is 20.8 Å². The van der Waals surface area contributed by atoms with Gasteiger partial charge in [-0.1, -0.05) is 44.0 Å². The number of benzene rings is 1. The van der Waals surface area contributed by atoms with Gasteiger partial charge in [-0.3, -0.25) is 0 Å². The Kier molecular flexibility index (Phi) is 5.59. The van der Waals surface area contributed by atoms with Gasteiger partial charge in [0.1, 0.15) is 0 Å². The van der Waals surface area contributed by atoms with Crippen LogP contribution in [0.15, 0.2) is 18.2 Å². The van der Waals surface area contributed by atoms with E-state index >= 15 is 0 Å². The standard InChI is InChI=1S/C17H24Cl2O2/c1-9(2)12-6-4-10(3)15(16(12)20)17(21)13-8-11(18)5-7-14(13)19/h5,7-10,12,15-17,20-21H,4,6H2,1-3H3/t10-,12-,15-,16?,17?/m1/s1. The first kappa shape index (κ1) is 17.1. The molecule has 0 bridgehead atoms. The molecule has 21 heavy (non-hydrogen) atoms. The zero-order valence-electron chi connectivity index (χ0n) is 12.8. The minimum absolute atomic E-state index is 0.206. The smallest absolute Gasteiger partial charge is 0.0860 e. The lowest BCUT2D eigenvalue weighted by atomic mass is 9.66. The van der Waals surface area contributed by atoms with E-state index in [0.29, 0.717) is 21.5 Å². The summed E-state index contributed by atoms with van der Waals surface area (Å²) in [5.41, 5.74) is 0.615. The fraction of sp³-hybridized carbons (Fsp3) is 0.647. The van der Waals surface area contributed by atoms with Crippen molar-refractivity contribution in [3.05, 3.63) is 33.8 Å². The molecule has 5 atom stereocenters. The normalized spacial score (nSPS) is 31.4. The molecule has 0 heterocycles. The van der Waals surface area contributed by atoms with Crippen LogP contribution in [0.3, 0.4) is 0 Å². The van der Waals surface area contributed by atoms with Gasteiger partial charge in [0.2, 0.25) is 0 Å². The van der Waals surface area contributed by atoms with Gasteiger partial charge in [-0.15, -0.1) is 0 Å². The zero-order chi connectivity index (χ0) is 15.7. The van der Waals surface area contributed by atoms with Crippen molar-refractivity contribution in [3.63, 3.8) is 0 Å². The maximum absolute atomic E-state index is 10.8. The third-order valence-corrected chi connectivity index (χ3v) is 5.52. The molecule has 1 saturated carbocycles. The van der Waals surface area contributed by atoms with Crippen molar-refractivity contribution in [2.75, 3.05) is 0 Å². The van der Waals surface area contributed by atoms with E-state index in [1.54, 1.807) is 18.2 Å². The average Bonchev–Trinajstić information content (AvgIpc) is 2.41. The van der Waals surface area contributed by atoms with Gasteiger partial charge in [-0.2, -0.15) is 0 Å². The van der Waals surface area contributed by atoms with Gasteiger partial charge in [0.25, 0.3) is 0 Å². The van der Waals surface area contributed by atoms with E-state index in [1.807, 2.05) is 0 Å². The fourth-order valence-electron chi connectivity index (χ4n) is 3.61. The third kappa shape index (κ3) is 3.56. The second kappa shape index (κ2) is 6.87. The van der Waals surface area contributed by atoms with Gasteiger partial charge in [-0.05, 0) is 48.8 Å². The van der Waals surface area contributed by atoms with Crippen molar-refractivity contribution < 1.29 is 10.2 Å². The fourth-order valence-corrected chi connectivity index (χ4v) is 4.02. The highest BCUT2D eigenvalue weighted by Gasteiger charge is 2.42. The van der Waals surface area contributed by atoms with Gasteiger partial charge < -0.3 is 10.2 Å². The highest BCUT2D eigenvalue weighted by Crippen LogP contribution is 2.45. The van der Waals surface area contributed by atoms with E-state index < -0.39 is 12.2 Å². The van der Waals surface area contributed by atoms with Crippen molar-refractivity contribution in [2.45, 2.75) is 45.8 Å². The Morgan fingerprint density at radius 1 is 1.19 bits per heavy atom. The van der Waals surface area contributed by atoms with Crippen LogP contribution in [-0.2, 0) is 0 Å². The maximum Gasteiger partial charge on any atom is 0.0860 e. The molecular weight excluding hydrogens is 307 g/mol. The monoisotopic (exact) mass is 330 g/mol. The first-order valence-corrected chi connectivity index (χ1v) is 8.39. The molecule has 2 N–H and O–H groups in total. The lowest BCUT2D eigenvalue weighted by Crippen LogP contribution is -2.43.